The number of nitrogens with one attached hydrogen (secondary N) is 1. The molecule has 1 saturated heterocycles. The molecular formula is C19H20N2O4S. The highest BCUT2D eigenvalue weighted by Crippen LogP contribution is 2.28. The Balaban J connectivity index is 1.86. The van der Waals surface area contributed by atoms with Crippen molar-refractivity contribution in [1.29, 1.82) is 0 Å². The summed E-state index contributed by atoms with van der Waals surface area (Å²) in [5.74, 6) is -0.111. The fourth-order valence-electron chi connectivity index (χ4n) is 3.02. The van der Waals surface area contributed by atoms with Crippen LogP contribution in [0.1, 0.15) is 35.7 Å². The molecule has 0 bridgehead atoms. The predicted molar refractivity (Wildman–Crippen MR) is 100 cm³/mol. The predicted octanol–water partition coefficient (Wildman–Crippen LogP) is 3.13. The zero-order valence-electron chi connectivity index (χ0n) is 14.7. The topological polar surface area (TPSA) is 83.6 Å². The molecule has 7 heteroatoms. The van der Waals surface area contributed by atoms with Gasteiger partial charge in [0.15, 0.2) is 5.78 Å². The standard InChI is InChI=1S/C19H20N2O4S/c1-13-11-16(8-9-18(13)21-10-4-7-19(21)23)20-26(24,25)17-6-3-5-15(12-17)14(2)22/h3,5-6,8-9,11-12,20H,4,7,10H2,1-2H3. The number of hydrogen-bond donors (Lipinski definition) is 1. The van der Waals surface area contributed by atoms with Crippen LogP contribution < -0.4 is 9.62 Å². The molecule has 0 saturated carbocycles. The number of rotatable bonds is 5. The van der Waals surface area contributed by atoms with Crippen molar-refractivity contribution in [1.82, 2.24) is 0 Å². The molecule has 6 nitrogen and oxygen atoms in total. The fraction of sp³-hybridized carbons (Fsp3) is 0.263. The molecule has 0 atom stereocenters. The van der Waals surface area contributed by atoms with Gasteiger partial charge in [-0.1, -0.05) is 12.1 Å². The van der Waals surface area contributed by atoms with Gasteiger partial charge in [0.25, 0.3) is 10.0 Å². The summed E-state index contributed by atoms with van der Waals surface area (Å²) < 4.78 is 27.7. The molecular weight excluding hydrogens is 352 g/mol. The molecule has 0 aliphatic carbocycles. The van der Waals surface area contributed by atoms with Crippen LogP contribution in [0.4, 0.5) is 11.4 Å². The number of carbonyl (C=O) groups is 2. The van der Waals surface area contributed by atoms with E-state index in [1.54, 1.807) is 35.2 Å². The Bertz CT molecular complexity index is 983. The number of amides is 1. The number of sulfonamides is 1. The lowest BCUT2D eigenvalue weighted by Gasteiger charge is -2.19. The van der Waals surface area contributed by atoms with Gasteiger partial charge in [-0.25, -0.2) is 8.42 Å². The van der Waals surface area contributed by atoms with E-state index < -0.39 is 10.0 Å². The van der Waals surface area contributed by atoms with E-state index in [0.717, 1.165) is 17.7 Å². The minimum Gasteiger partial charge on any atom is -0.312 e. The molecule has 0 radical (unpaired) electrons. The van der Waals surface area contributed by atoms with E-state index in [4.69, 9.17) is 0 Å². The summed E-state index contributed by atoms with van der Waals surface area (Å²) in [6.07, 6.45) is 1.37. The average molecular weight is 372 g/mol. The normalized spacial score (nSPS) is 14.5. The third-order valence-electron chi connectivity index (χ3n) is 4.36. The Kier molecular flexibility index (Phi) is 4.82. The van der Waals surface area contributed by atoms with Gasteiger partial charge in [-0.3, -0.25) is 14.3 Å². The summed E-state index contributed by atoms with van der Waals surface area (Å²) in [5, 5.41) is 0. The summed E-state index contributed by atoms with van der Waals surface area (Å²) in [6, 6.07) is 11.0. The lowest BCUT2D eigenvalue weighted by molar-refractivity contribution is -0.117. The van der Waals surface area contributed by atoms with Crippen molar-refractivity contribution in [3.63, 3.8) is 0 Å². The molecule has 136 valence electrons. The number of nitrogens with zero attached hydrogens (tertiary/aromatic N) is 1. The van der Waals surface area contributed by atoms with E-state index in [-0.39, 0.29) is 16.6 Å². The molecule has 3 rings (SSSR count). The Hall–Kier alpha value is -2.67. The first-order valence-electron chi connectivity index (χ1n) is 8.33. The zero-order chi connectivity index (χ0) is 18.9. The first-order valence-corrected chi connectivity index (χ1v) is 9.81. The molecule has 2 aromatic carbocycles. The fourth-order valence-corrected chi connectivity index (χ4v) is 4.12. The van der Waals surface area contributed by atoms with Crippen LogP contribution in [0.25, 0.3) is 0 Å². The van der Waals surface area contributed by atoms with Crippen LogP contribution in [0.5, 0.6) is 0 Å². The summed E-state index contributed by atoms with van der Waals surface area (Å²) in [4.78, 5) is 25.1. The Morgan fingerprint density at radius 3 is 2.54 bits per heavy atom. The highest BCUT2D eigenvalue weighted by Gasteiger charge is 2.23. The maximum Gasteiger partial charge on any atom is 0.261 e. The van der Waals surface area contributed by atoms with Crippen LogP contribution >= 0.6 is 0 Å². The van der Waals surface area contributed by atoms with Crippen molar-refractivity contribution in [2.75, 3.05) is 16.2 Å². The molecule has 1 aliphatic heterocycles. The molecule has 0 unspecified atom stereocenters. The second kappa shape index (κ2) is 6.92. The third-order valence-corrected chi connectivity index (χ3v) is 5.74. The highest BCUT2D eigenvalue weighted by atomic mass is 32.2. The lowest BCUT2D eigenvalue weighted by Crippen LogP contribution is -2.24. The van der Waals surface area contributed by atoms with Crippen LogP contribution in [0, 0.1) is 6.92 Å². The van der Waals surface area contributed by atoms with Crippen molar-refractivity contribution in [3.8, 4) is 0 Å². The van der Waals surface area contributed by atoms with E-state index in [1.807, 2.05) is 6.92 Å². The smallest absolute Gasteiger partial charge is 0.261 e. The van der Waals surface area contributed by atoms with E-state index in [1.165, 1.54) is 19.1 Å². The number of ketones is 1. The molecule has 0 aromatic heterocycles. The Labute approximate surface area is 152 Å². The van der Waals surface area contributed by atoms with Crippen molar-refractivity contribution in [2.45, 2.75) is 31.6 Å². The average Bonchev–Trinajstić information content (AvgIpc) is 3.00. The Morgan fingerprint density at radius 2 is 1.92 bits per heavy atom. The van der Waals surface area contributed by atoms with E-state index in [0.29, 0.717) is 24.2 Å². The van der Waals surface area contributed by atoms with Gasteiger partial charge < -0.3 is 4.90 Å². The largest absolute Gasteiger partial charge is 0.312 e. The van der Waals surface area contributed by atoms with Crippen molar-refractivity contribution in [3.05, 3.63) is 53.6 Å². The van der Waals surface area contributed by atoms with Gasteiger partial charge in [0, 0.05) is 29.9 Å². The van der Waals surface area contributed by atoms with Gasteiger partial charge in [-0.05, 0) is 56.2 Å². The summed E-state index contributed by atoms with van der Waals surface area (Å²) in [7, 11) is -3.81. The number of Topliss-reactive ketones (excluding diaryl/α,β-unsaturated/α-hetero) is 1. The van der Waals surface area contributed by atoms with Gasteiger partial charge in [-0.15, -0.1) is 0 Å². The number of benzene rings is 2. The second-order valence-corrected chi connectivity index (χ2v) is 8.02. The van der Waals surface area contributed by atoms with E-state index >= 15 is 0 Å². The minimum atomic E-state index is -3.81. The second-order valence-electron chi connectivity index (χ2n) is 6.34. The zero-order valence-corrected chi connectivity index (χ0v) is 15.5. The summed E-state index contributed by atoms with van der Waals surface area (Å²) in [6.45, 7) is 3.92. The highest BCUT2D eigenvalue weighted by molar-refractivity contribution is 7.92. The molecule has 1 amide bonds. The van der Waals surface area contributed by atoms with Crippen molar-refractivity contribution < 1.29 is 18.0 Å². The molecule has 1 fully saturated rings. The Morgan fingerprint density at radius 1 is 1.15 bits per heavy atom. The van der Waals surface area contributed by atoms with E-state index in [2.05, 4.69) is 4.72 Å². The lowest BCUT2D eigenvalue weighted by atomic mass is 10.1. The number of anilines is 2. The van der Waals surface area contributed by atoms with E-state index in [9.17, 15) is 18.0 Å². The van der Waals surface area contributed by atoms with Crippen LogP contribution in [-0.4, -0.2) is 26.7 Å². The van der Waals surface area contributed by atoms with Gasteiger partial charge in [0.2, 0.25) is 5.91 Å². The maximum absolute atomic E-state index is 12.6. The van der Waals surface area contributed by atoms with Crippen LogP contribution in [0.15, 0.2) is 47.4 Å². The summed E-state index contributed by atoms with van der Waals surface area (Å²) in [5.41, 5.74) is 2.37. The van der Waals surface area contributed by atoms with Crippen LogP contribution in [0.2, 0.25) is 0 Å². The molecule has 0 spiro atoms. The van der Waals surface area contributed by atoms with Crippen molar-refractivity contribution >= 4 is 33.1 Å². The molecule has 2 aromatic rings. The first-order chi connectivity index (χ1) is 12.3. The quantitative estimate of drug-likeness (QED) is 0.818. The van der Waals surface area contributed by atoms with Crippen molar-refractivity contribution in [2.24, 2.45) is 0 Å². The molecule has 1 aliphatic rings. The van der Waals surface area contributed by atoms with Gasteiger partial charge in [0.05, 0.1) is 4.90 Å². The van der Waals surface area contributed by atoms with Gasteiger partial charge in [-0.2, -0.15) is 0 Å². The number of hydrogen-bond acceptors (Lipinski definition) is 4. The third kappa shape index (κ3) is 3.62. The minimum absolute atomic E-state index is 0.0293. The van der Waals surface area contributed by atoms with Crippen LogP contribution in [0.3, 0.4) is 0 Å². The van der Waals surface area contributed by atoms with Gasteiger partial charge >= 0.3 is 0 Å². The van der Waals surface area contributed by atoms with Gasteiger partial charge in [0.1, 0.15) is 0 Å². The monoisotopic (exact) mass is 372 g/mol. The van der Waals surface area contributed by atoms with Crippen LogP contribution in [-0.2, 0) is 14.8 Å². The molecule has 1 N–H and O–H groups in total. The number of aryl methyl sites for hydroxylation is 1. The number of carbonyl (C=O) groups excluding carboxylic acids is 2. The summed E-state index contributed by atoms with van der Waals surface area (Å²) >= 11 is 0. The molecule has 1 heterocycles. The first kappa shape index (κ1) is 18.1. The molecule has 26 heavy (non-hydrogen) atoms. The SMILES string of the molecule is CC(=O)c1cccc(S(=O)(=O)Nc2ccc(N3CCCC3=O)c(C)c2)c1. The maximum atomic E-state index is 12.6.